The smallest absolute Gasteiger partial charge is 0.277 e. The Kier molecular flexibility index (Phi) is 4.87. The number of nitriles is 1. The molecule has 1 fully saturated rings. The fourth-order valence-electron chi connectivity index (χ4n) is 2.76. The van der Waals surface area contributed by atoms with E-state index in [9.17, 15) is 10.1 Å². The van der Waals surface area contributed by atoms with Gasteiger partial charge in [0.25, 0.3) is 11.1 Å². The van der Waals surface area contributed by atoms with Crippen molar-refractivity contribution in [2.45, 2.75) is 50.3 Å². The highest BCUT2D eigenvalue weighted by atomic mass is 32.2. The molecule has 9 heteroatoms. The predicted octanol–water partition coefficient (Wildman–Crippen LogP) is 2.85. The van der Waals surface area contributed by atoms with Gasteiger partial charge in [0.1, 0.15) is 10.4 Å². The molecular weight excluding hydrogens is 346 g/mol. The number of hydrogen-bond acceptors (Lipinski definition) is 8. The van der Waals surface area contributed by atoms with E-state index in [1.54, 1.807) is 0 Å². The van der Waals surface area contributed by atoms with Crippen molar-refractivity contribution < 1.29 is 9.21 Å². The van der Waals surface area contributed by atoms with Gasteiger partial charge in [0, 0.05) is 0 Å². The molecule has 0 radical (unpaired) electrons. The number of carbonyl (C=O) groups is 1. The molecule has 0 saturated heterocycles. The Labute approximate surface area is 147 Å². The van der Waals surface area contributed by atoms with Gasteiger partial charge in [-0.05, 0) is 39.5 Å². The Hall–Kier alpha value is -1.92. The standard InChI is InChI=1S/C15H17N5O2S2/c1-9-12(24-10(2)17-9)13-19-20-14(22-13)23-7-11(21)18-15(8-16)5-3-4-6-15/h3-7H2,1-2H3,(H,18,21). The van der Waals surface area contributed by atoms with Crippen LogP contribution in [0, 0.1) is 25.2 Å². The van der Waals surface area contributed by atoms with Crippen molar-refractivity contribution in [3.8, 4) is 16.8 Å². The first-order chi connectivity index (χ1) is 11.5. The molecule has 1 saturated carbocycles. The van der Waals surface area contributed by atoms with Crippen LogP contribution in [-0.4, -0.2) is 32.4 Å². The molecule has 7 nitrogen and oxygen atoms in total. The molecule has 0 spiro atoms. The van der Waals surface area contributed by atoms with Gasteiger partial charge in [0.15, 0.2) is 0 Å². The normalized spacial score (nSPS) is 16.0. The summed E-state index contributed by atoms with van der Waals surface area (Å²) in [6.07, 6.45) is 3.38. The van der Waals surface area contributed by atoms with Gasteiger partial charge >= 0.3 is 0 Å². The monoisotopic (exact) mass is 363 g/mol. The van der Waals surface area contributed by atoms with Crippen LogP contribution in [0.2, 0.25) is 0 Å². The lowest BCUT2D eigenvalue weighted by Crippen LogP contribution is -2.45. The van der Waals surface area contributed by atoms with Crippen molar-refractivity contribution >= 4 is 29.0 Å². The van der Waals surface area contributed by atoms with E-state index < -0.39 is 5.54 Å². The summed E-state index contributed by atoms with van der Waals surface area (Å²) in [7, 11) is 0. The first-order valence-electron chi connectivity index (χ1n) is 7.64. The summed E-state index contributed by atoms with van der Waals surface area (Å²) in [5, 5.41) is 21.4. The first kappa shape index (κ1) is 16.9. The highest BCUT2D eigenvalue weighted by Crippen LogP contribution is 2.31. The maximum Gasteiger partial charge on any atom is 0.277 e. The van der Waals surface area contributed by atoms with Gasteiger partial charge in [0.05, 0.1) is 22.5 Å². The lowest BCUT2D eigenvalue weighted by Gasteiger charge is -2.21. The first-order valence-corrected chi connectivity index (χ1v) is 9.44. The van der Waals surface area contributed by atoms with Crippen LogP contribution in [0.25, 0.3) is 10.8 Å². The summed E-state index contributed by atoms with van der Waals surface area (Å²) in [6, 6.07) is 2.24. The topological polar surface area (TPSA) is 105 Å². The molecule has 0 bridgehead atoms. The summed E-state index contributed by atoms with van der Waals surface area (Å²) >= 11 is 2.67. The zero-order valence-corrected chi connectivity index (χ0v) is 15.1. The average Bonchev–Trinajstić information content (AvgIpc) is 3.26. The second-order valence-electron chi connectivity index (χ2n) is 5.76. The van der Waals surface area contributed by atoms with E-state index in [-0.39, 0.29) is 11.7 Å². The van der Waals surface area contributed by atoms with E-state index in [0.717, 1.165) is 28.4 Å². The van der Waals surface area contributed by atoms with E-state index in [0.29, 0.717) is 24.0 Å². The molecule has 1 N–H and O–H groups in total. The SMILES string of the molecule is Cc1nc(C)c(-c2nnc(SCC(=O)NC3(C#N)CCCC3)o2)s1. The average molecular weight is 363 g/mol. The molecule has 1 amide bonds. The lowest BCUT2D eigenvalue weighted by atomic mass is 10.0. The summed E-state index contributed by atoms with van der Waals surface area (Å²) in [5.74, 6) is 0.379. The van der Waals surface area contributed by atoms with Crippen LogP contribution in [0.1, 0.15) is 36.4 Å². The number of thioether (sulfide) groups is 1. The van der Waals surface area contributed by atoms with Crippen LogP contribution >= 0.6 is 23.1 Å². The summed E-state index contributed by atoms with van der Waals surface area (Å²) in [5.41, 5.74) is 0.155. The van der Waals surface area contributed by atoms with Gasteiger partial charge in [0.2, 0.25) is 5.91 Å². The van der Waals surface area contributed by atoms with E-state index in [1.165, 1.54) is 23.1 Å². The Morgan fingerprint density at radius 3 is 2.79 bits per heavy atom. The van der Waals surface area contributed by atoms with E-state index in [4.69, 9.17) is 4.42 Å². The van der Waals surface area contributed by atoms with Gasteiger partial charge in [-0.15, -0.1) is 21.5 Å². The van der Waals surface area contributed by atoms with E-state index >= 15 is 0 Å². The molecule has 1 aliphatic carbocycles. The Morgan fingerprint density at radius 1 is 1.42 bits per heavy atom. The van der Waals surface area contributed by atoms with E-state index in [1.807, 2.05) is 13.8 Å². The fourth-order valence-corrected chi connectivity index (χ4v) is 4.17. The third kappa shape index (κ3) is 3.60. The molecule has 0 unspecified atom stereocenters. The third-order valence-corrected chi connectivity index (χ3v) is 5.76. The molecule has 3 rings (SSSR count). The van der Waals surface area contributed by atoms with Crippen LogP contribution in [0.3, 0.4) is 0 Å². The molecule has 0 atom stereocenters. The molecule has 1 aliphatic rings. The summed E-state index contributed by atoms with van der Waals surface area (Å²) in [6.45, 7) is 3.82. The summed E-state index contributed by atoms with van der Waals surface area (Å²) < 4.78 is 5.60. The highest BCUT2D eigenvalue weighted by molar-refractivity contribution is 7.99. The Morgan fingerprint density at radius 2 is 2.17 bits per heavy atom. The van der Waals surface area contributed by atoms with Crippen molar-refractivity contribution in [3.05, 3.63) is 10.7 Å². The van der Waals surface area contributed by atoms with Crippen LogP contribution in [0.5, 0.6) is 0 Å². The number of thiazole rings is 1. The van der Waals surface area contributed by atoms with Crippen LogP contribution in [-0.2, 0) is 4.79 Å². The number of rotatable bonds is 5. The summed E-state index contributed by atoms with van der Waals surface area (Å²) in [4.78, 5) is 17.3. The molecule has 2 aromatic rings. The minimum Gasteiger partial charge on any atom is -0.410 e. The molecule has 126 valence electrons. The number of aromatic nitrogens is 3. The third-order valence-electron chi connectivity index (χ3n) is 3.88. The maximum absolute atomic E-state index is 12.1. The number of aryl methyl sites for hydroxylation is 2. The lowest BCUT2D eigenvalue weighted by molar-refractivity contribution is -0.119. The number of amides is 1. The van der Waals surface area contributed by atoms with Crippen LogP contribution in [0.4, 0.5) is 0 Å². The van der Waals surface area contributed by atoms with Crippen molar-refractivity contribution in [2.75, 3.05) is 5.75 Å². The van der Waals surface area contributed by atoms with Crippen LogP contribution < -0.4 is 5.32 Å². The number of carbonyl (C=O) groups excluding carboxylic acids is 1. The van der Waals surface area contributed by atoms with Gasteiger partial charge < -0.3 is 9.73 Å². The zero-order valence-electron chi connectivity index (χ0n) is 13.5. The fraction of sp³-hybridized carbons (Fsp3) is 0.533. The maximum atomic E-state index is 12.1. The minimum absolute atomic E-state index is 0.145. The molecule has 0 aliphatic heterocycles. The van der Waals surface area contributed by atoms with Gasteiger partial charge in [-0.1, -0.05) is 11.8 Å². The minimum atomic E-state index is -0.699. The van der Waals surface area contributed by atoms with Gasteiger partial charge in [-0.25, -0.2) is 4.98 Å². The number of hydrogen-bond donors (Lipinski definition) is 1. The number of nitrogens with one attached hydrogen (secondary N) is 1. The van der Waals surface area contributed by atoms with Crippen molar-refractivity contribution in [1.82, 2.24) is 20.5 Å². The predicted molar refractivity (Wildman–Crippen MR) is 90.6 cm³/mol. The van der Waals surface area contributed by atoms with Crippen LogP contribution in [0.15, 0.2) is 9.64 Å². The van der Waals surface area contributed by atoms with Crippen molar-refractivity contribution in [1.29, 1.82) is 5.26 Å². The molecule has 2 aromatic heterocycles. The molecule has 0 aromatic carbocycles. The Balaban J connectivity index is 1.58. The van der Waals surface area contributed by atoms with Gasteiger partial charge in [-0.2, -0.15) is 5.26 Å². The van der Waals surface area contributed by atoms with Gasteiger partial charge in [-0.3, -0.25) is 4.79 Å². The quantitative estimate of drug-likeness (QED) is 0.814. The largest absolute Gasteiger partial charge is 0.410 e. The molecule has 2 heterocycles. The molecular formula is C15H17N5O2S2. The second-order valence-corrected chi connectivity index (χ2v) is 7.89. The van der Waals surface area contributed by atoms with E-state index in [2.05, 4.69) is 26.6 Å². The Bertz CT molecular complexity index is 786. The second kappa shape index (κ2) is 6.91. The number of nitrogens with zero attached hydrogens (tertiary/aromatic N) is 4. The van der Waals surface area contributed by atoms with Crippen molar-refractivity contribution in [2.24, 2.45) is 0 Å². The zero-order chi connectivity index (χ0) is 17.2. The van der Waals surface area contributed by atoms with Crippen molar-refractivity contribution in [3.63, 3.8) is 0 Å². The molecule has 24 heavy (non-hydrogen) atoms. The highest BCUT2D eigenvalue weighted by Gasteiger charge is 2.35.